The Morgan fingerprint density at radius 2 is 1.71 bits per heavy atom. The topological polar surface area (TPSA) is 107 Å². The second kappa shape index (κ2) is 10.1. The zero-order chi connectivity index (χ0) is 25.1. The molecule has 0 aliphatic carbocycles. The Morgan fingerprint density at radius 3 is 2.34 bits per heavy atom. The summed E-state index contributed by atoms with van der Waals surface area (Å²) in [5.74, 6) is 2.06. The monoisotopic (exact) mass is 492 g/mol. The molecule has 0 saturated heterocycles. The Hall–Kier alpha value is -3.92. The highest BCUT2D eigenvalue weighted by atomic mass is 32.1. The van der Waals surface area contributed by atoms with E-state index in [1.807, 2.05) is 86.6 Å². The SMILES string of the molecule is CCOc1cc2nc(N(C)C)nc(N(C)c3cccc(-c4csc(C(N)=O)n4)c3)c2cc1OCC. The van der Waals surface area contributed by atoms with Gasteiger partial charge in [0.2, 0.25) is 5.95 Å². The van der Waals surface area contributed by atoms with Crippen molar-refractivity contribution >= 4 is 45.6 Å². The summed E-state index contributed by atoms with van der Waals surface area (Å²) in [6.45, 7) is 4.90. The number of amides is 1. The van der Waals surface area contributed by atoms with Crippen LogP contribution in [0.15, 0.2) is 41.8 Å². The minimum atomic E-state index is -0.533. The molecule has 9 nitrogen and oxygen atoms in total. The van der Waals surface area contributed by atoms with Crippen molar-refractivity contribution in [3.05, 3.63) is 46.8 Å². The molecule has 4 rings (SSSR count). The van der Waals surface area contributed by atoms with Crippen LogP contribution in [0.5, 0.6) is 11.5 Å². The van der Waals surface area contributed by atoms with Crippen molar-refractivity contribution in [1.82, 2.24) is 15.0 Å². The summed E-state index contributed by atoms with van der Waals surface area (Å²) >= 11 is 1.23. The molecule has 35 heavy (non-hydrogen) atoms. The lowest BCUT2D eigenvalue weighted by Crippen LogP contribution is -2.17. The lowest BCUT2D eigenvalue weighted by molar-refractivity contribution is 0.1000. The fourth-order valence-corrected chi connectivity index (χ4v) is 4.30. The molecule has 0 spiro atoms. The molecule has 0 fully saturated rings. The third-order valence-electron chi connectivity index (χ3n) is 5.29. The zero-order valence-corrected chi connectivity index (χ0v) is 21.2. The Morgan fingerprint density at radius 1 is 1.00 bits per heavy atom. The number of ether oxygens (including phenoxy) is 2. The van der Waals surface area contributed by atoms with Gasteiger partial charge in [-0.1, -0.05) is 12.1 Å². The summed E-state index contributed by atoms with van der Waals surface area (Å²) in [5.41, 5.74) is 8.59. The van der Waals surface area contributed by atoms with E-state index in [0.29, 0.717) is 36.4 Å². The minimum Gasteiger partial charge on any atom is -0.490 e. The Balaban J connectivity index is 1.84. The molecule has 0 unspecified atom stereocenters. The Labute approximate surface area is 208 Å². The van der Waals surface area contributed by atoms with Crippen molar-refractivity contribution < 1.29 is 14.3 Å². The number of aromatic nitrogens is 3. The first-order chi connectivity index (χ1) is 16.8. The lowest BCUT2D eigenvalue weighted by Gasteiger charge is -2.23. The van der Waals surface area contributed by atoms with E-state index in [1.54, 1.807) is 0 Å². The van der Waals surface area contributed by atoms with E-state index in [0.717, 1.165) is 28.0 Å². The minimum absolute atomic E-state index is 0.282. The van der Waals surface area contributed by atoms with E-state index >= 15 is 0 Å². The van der Waals surface area contributed by atoms with Crippen LogP contribution in [0.3, 0.4) is 0 Å². The van der Waals surface area contributed by atoms with Gasteiger partial charge in [-0.15, -0.1) is 11.3 Å². The van der Waals surface area contributed by atoms with Crippen LogP contribution in [-0.2, 0) is 0 Å². The fourth-order valence-electron chi connectivity index (χ4n) is 3.62. The lowest BCUT2D eigenvalue weighted by atomic mass is 10.1. The van der Waals surface area contributed by atoms with E-state index in [9.17, 15) is 4.79 Å². The number of benzene rings is 2. The highest BCUT2D eigenvalue weighted by Crippen LogP contribution is 2.38. The van der Waals surface area contributed by atoms with Crippen molar-refractivity contribution in [2.24, 2.45) is 5.73 Å². The van der Waals surface area contributed by atoms with Gasteiger partial charge in [0.1, 0.15) is 5.82 Å². The molecule has 10 heteroatoms. The number of thiazole rings is 1. The van der Waals surface area contributed by atoms with E-state index in [-0.39, 0.29) is 5.01 Å². The third kappa shape index (κ3) is 4.97. The second-order valence-electron chi connectivity index (χ2n) is 7.94. The van der Waals surface area contributed by atoms with Crippen LogP contribution in [0.4, 0.5) is 17.5 Å². The first-order valence-electron chi connectivity index (χ1n) is 11.2. The van der Waals surface area contributed by atoms with E-state index in [2.05, 4.69) is 4.98 Å². The maximum atomic E-state index is 11.5. The summed E-state index contributed by atoms with van der Waals surface area (Å²) in [6, 6.07) is 11.7. The number of fused-ring (bicyclic) bond motifs is 1. The van der Waals surface area contributed by atoms with Crippen molar-refractivity contribution in [1.29, 1.82) is 0 Å². The van der Waals surface area contributed by atoms with Crippen LogP contribution in [0.1, 0.15) is 23.6 Å². The fraction of sp³-hybridized carbons (Fsp3) is 0.280. The smallest absolute Gasteiger partial charge is 0.277 e. The molecule has 0 radical (unpaired) electrons. The molecule has 4 aromatic rings. The Kier molecular flexibility index (Phi) is 7.02. The molecule has 0 bridgehead atoms. The predicted octanol–water partition coefficient (Wildman–Crippen LogP) is 4.48. The van der Waals surface area contributed by atoms with Gasteiger partial charge in [0.25, 0.3) is 5.91 Å². The zero-order valence-electron chi connectivity index (χ0n) is 20.4. The first kappa shape index (κ1) is 24.2. The molecule has 0 saturated carbocycles. The number of rotatable bonds is 9. The van der Waals surface area contributed by atoms with Gasteiger partial charge in [-0.25, -0.2) is 9.97 Å². The Bertz CT molecular complexity index is 1370. The normalized spacial score (nSPS) is 10.9. The molecule has 182 valence electrons. The molecular weight excluding hydrogens is 464 g/mol. The van der Waals surface area contributed by atoms with Gasteiger partial charge in [-0.3, -0.25) is 4.79 Å². The highest BCUT2D eigenvalue weighted by Gasteiger charge is 2.19. The average Bonchev–Trinajstić information content (AvgIpc) is 3.34. The molecule has 2 N–H and O–H groups in total. The van der Waals surface area contributed by atoms with Crippen molar-refractivity contribution in [2.45, 2.75) is 13.8 Å². The number of nitrogens with zero attached hydrogens (tertiary/aromatic N) is 5. The van der Waals surface area contributed by atoms with Crippen LogP contribution >= 0.6 is 11.3 Å². The second-order valence-corrected chi connectivity index (χ2v) is 8.79. The maximum Gasteiger partial charge on any atom is 0.277 e. The van der Waals surface area contributed by atoms with Crippen LogP contribution in [-0.4, -0.2) is 55.2 Å². The van der Waals surface area contributed by atoms with Crippen molar-refractivity contribution in [3.8, 4) is 22.8 Å². The number of carbonyl (C=O) groups is 1. The summed E-state index contributed by atoms with van der Waals surface area (Å²) in [6.07, 6.45) is 0. The number of nitrogens with two attached hydrogens (primary N) is 1. The predicted molar refractivity (Wildman–Crippen MR) is 140 cm³/mol. The molecule has 0 atom stereocenters. The summed E-state index contributed by atoms with van der Waals surface area (Å²) in [4.78, 5) is 29.3. The summed E-state index contributed by atoms with van der Waals surface area (Å²) in [7, 11) is 5.76. The number of hydrogen-bond donors (Lipinski definition) is 1. The number of anilines is 3. The molecular formula is C25H28N6O3S. The highest BCUT2D eigenvalue weighted by molar-refractivity contribution is 7.12. The molecule has 0 aliphatic rings. The molecule has 2 heterocycles. The van der Waals surface area contributed by atoms with Crippen LogP contribution < -0.4 is 25.0 Å². The van der Waals surface area contributed by atoms with Crippen LogP contribution in [0, 0.1) is 0 Å². The molecule has 0 aliphatic heterocycles. The average molecular weight is 493 g/mol. The van der Waals surface area contributed by atoms with Gasteiger partial charge in [-0.05, 0) is 32.0 Å². The summed E-state index contributed by atoms with van der Waals surface area (Å²) in [5, 5.41) is 2.94. The first-order valence-corrected chi connectivity index (χ1v) is 12.1. The van der Waals surface area contributed by atoms with Gasteiger partial charge in [0, 0.05) is 49.2 Å². The number of hydrogen-bond acceptors (Lipinski definition) is 9. The van der Waals surface area contributed by atoms with E-state index in [1.165, 1.54) is 11.3 Å². The third-order valence-corrected chi connectivity index (χ3v) is 6.15. The quantitative estimate of drug-likeness (QED) is 0.364. The number of primary amides is 1. The van der Waals surface area contributed by atoms with Gasteiger partial charge >= 0.3 is 0 Å². The molecule has 2 aromatic heterocycles. The maximum absolute atomic E-state index is 11.5. The van der Waals surface area contributed by atoms with Gasteiger partial charge in [-0.2, -0.15) is 4.98 Å². The van der Waals surface area contributed by atoms with Crippen molar-refractivity contribution in [3.63, 3.8) is 0 Å². The van der Waals surface area contributed by atoms with Gasteiger partial charge < -0.3 is 25.0 Å². The van der Waals surface area contributed by atoms with Crippen molar-refractivity contribution in [2.75, 3.05) is 44.2 Å². The van der Waals surface area contributed by atoms with E-state index < -0.39 is 5.91 Å². The van der Waals surface area contributed by atoms with Crippen LogP contribution in [0.25, 0.3) is 22.2 Å². The van der Waals surface area contributed by atoms with Crippen LogP contribution in [0.2, 0.25) is 0 Å². The largest absolute Gasteiger partial charge is 0.490 e. The molecule has 2 aromatic carbocycles. The van der Waals surface area contributed by atoms with E-state index in [4.69, 9.17) is 25.2 Å². The molecule has 1 amide bonds. The van der Waals surface area contributed by atoms with Gasteiger partial charge in [0.05, 0.1) is 24.4 Å². The summed E-state index contributed by atoms with van der Waals surface area (Å²) < 4.78 is 11.7. The van der Waals surface area contributed by atoms with Gasteiger partial charge in [0.15, 0.2) is 16.5 Å². The standard InChI is InChI=1S/C25H28N6O3S/c1-6-33-20-12-17-18(13-21(20)34-7-2)28-25(30(3)4)29-23(17)31(5)16-10-8-9-15(11-16)19-14-35-24(27-19)22(26)32/h8-14H,6-7H2,1-5H3,(H2,26,32). The number of carbonyl (C=O) groups excluding carboxylic acids is 1.